The maximum atomic E-state index is 12.4. The Labute approximate surface area is 160 Å². The Hall–Kier alpha value is -2.74. The number of carbonyl (C=O) groups excluding carboxylic acids is 1. The lowest BCUT2D eigenvalue weighted by molar-refractivity contribution is -0.121. The molecule has 0 bridgehead atoms. The fourth-order valence-corrected chi connectivity index (χ4v) is 3.72. The zero-order valence-electron chi connectivity index (χ0n) is 15.6. The van der Waals surface area contributed by atoms with Crippen molar-refractivity contribution in [3.8, 4) is 11.5 Å². The highest BCUT2D eigenvalue weighted by molar-refractivity contribution is 7.92. The predicted octanol–water partition coefficient (Wildman–Crippen LogP) is 2.04. The van der Waals surface area contributed by atoms with Crippen LogP contribution in [0.4, 0.5) is 5.69 Å². The van der Waals surface area contributed by atoms with Gasteiger partial charge in [0.15, 0.2) is 0 Å². The molecule has 0 heterocycles. The van der Waals surface area contributed by atoms with Crippen LogP contribution in [-0.2, 0) is 14.8 Å². The molecule has 1 amide bonds. The van der Waals surface area contributed by atoms with Crippen LogP contribution in [0.1, 0.15) is 6.92 Å². The average Bonchev–Trinajstić information content (AvgIpc) is 2.65. The minimum Gasteiger partial charge on any atom is -0.497 e. The maximum absolute atomic E-state index is 12.4. The van der Waals surface area contributed by atoms with Crippen molar-refractivity contribution in [2.24, 2.45) is 0 Å². The molecule has 2 rings (SSSR count). The number of nitrogens with zero attached hydrogens (tertiary/aromatic N) is 1. The second kappa shape index (κ2) is 9.27. The van der Waals surface area contributed by atoms with E-state index in [1.807, 2.05) is 0 Å². The van der Waals surface area contributed by atoms with Crippen LogP contribution in [0.15, 0.2) is 54.6 Å². The van der Waals surface area contributed by atoms with Gasteiger partial charge in [-0.15, -0.1) is 0 Å². The van der Waals surface area contributed by atoms with Crippen molar-refractivity contribution in [2.75, 3.05) is 30.8 Å². The number of para-hydroxylation sites is 1. The number of methoxy groups -OCH3 is 1. The Bertz CT molecular complexity index is 838. The summed E-state index contributed by atoms with van der Waals surface area (Å²) in [5.74, 6) is 0.981. The number of sulfonamides is 1. The van der Waals surface area contributed by atoms with Gasteiger partial charge in [0.05, 0.1) is 25.6 Å². The summed E-state index contributed by atoms with van der Waals surface area (Å²) in [5.41, 5.74) is 0.442. The molecule has 0 aliphatic rings. The lowest BCUT2D eigenvalue weighted by Crippen LogP contribution is -2.48. The summed E-state index contributed by atoms with van der Waals surface area (Å²) in [7, 11) is -2.03. The van der Waals surface area contributed by atoms with E-state index in [0.717, 1.165) is 16.3 Å². The topological polar surface area (TPSA) is 84.9 Å². The van der Waals surface area contributed by atoms with Gasteiger partial charge in [0.1, 0.15) is 24.1 Å². The average molecular weight is 392 g/mol. The van der Waals surface area contributed by atoms with Gasteiger partial charge in [-0.3, -0.25) is 9.10 Å². The fraction of sp³-hybridized carbons (Fsp3) is 0.316. The van der Waals surface area contributed by atoms with Gasteiger partial charge in [0.2, 0.25) is 15.9 Å². The third-order valence-corrected chi connectivity index (χ3v) is 5.07. The van der Waals surface area contributed by atoms with Gasteiger partial charge in [-0.25, -0.2) is 8.42 Å². The van der Waals surface area contributed by atoms with Crippen molar-refractivity contribution in [2.45, 2.75) is 13.0 Å². The van der Waals surface area contributed by atoms with Crippen molar-refractivity contribution >= 4 is 21.6 Å². The van der Waals surface area contributed by atoms with Crippen LogP contribution >= 0.6 is 0 Å². The number of amides is 1. The van der Waals surface area contributed by atoms with Crippen LogP contribution in [0.25, 0.3) is 0 Å². The van der Waals surface area contributed by atoms with Crippen molar-refractivity contribution < 1.29 is 22.7 Å². The first kappa shape index (κ1) is 20.6. The normalized spacial score (nSPS) is 12.1. The minimum absolute atomic E-state index is 0.252. The molecule has 27 heavy (non-hydrogen) atoms. The van der Waals surface area contributed by atoms with Crippen LogP contribution in [0.5, 0.6) is 11.5 Å². The van der Waals surface area contributed by atoms with E-state index < -0.39 is 22.0 Å². The molecule has 7 nitrogen and oxygen atoms in total. The van der Waals surface area contributed by atoms with Crippen LogP contribution in [0.2, 0.25) is 0 Å². The van der Waals surface area contributed by atoms with Gasteiger partial charge in [-0.05, 0) is 43.3 Å². The van der Waals surface area contributed by atoms with E-state index in [9.17, 15) is 13.2 Å². The molecular weight excluding hydrogens is 368 g/mol. The van der Waals surface area contributed by atoms with Crippen LogP contribution in [-0.4, -0.2) is 46.9 Å². The van der Waals surface area contributed by atoms with Crippen molar-refractivity contribution in [3.63, 3.8) is 0 Å². The van der Waals surface area contributed by atoms with E-state index in [1.165, 1.54) is 0 Å². The highest BCUT2D eigenvalue weighted by Crippen LogP contribution is 2.20. The maximum Gasteiger partial charge on any atom is 0.243 e. The third-order valence-electron chi connectivity index (χ3n) is 3.83. The van der Waals surface area contributed by atoms with Crippen LogP contribution in [0.3, 0.4) is 0 Å². The molecule has 0 fully saturated rings. The second-order valence-corrected chi connectivity index (χ2v) is 7.74. The van der Waals surface area contributed by atoms with Crippen LogP contribution in [0, 0.1) is 0 Å². The molecule has 2 aromatic carbocycles. The standard InChI is InChI=1S/C19H24N2O5S/c1-15(21(27(3,23)24)16-7-5-4-6-8-16)19(22)20-13-14-26-18-11-9-17(25-2)10-12-18/h4-12,15H,13-14H2,1-3H3,(H,20,22)/t15-/m1/s1. The van der Waals surface area contributed by atoms with E-state index >= 15 is 0 Å². The molecular formula is C19H24N2O5S. The molecule has 0 saturated carbocycles. The Balaban J connectivity index is 1.91. The van der Waals surface area contributed by atoms with Gasteiger partial charge < -0.3 is 14.8 Å². The zero-order chi connectivity index (χ0) is 19.9. The zero-order valence-corrected chi connectivity index (χ0v) is 16.4. The number of carbonyl (C=O) groups is 1. The van der Waals surface area contributed by atoms with Gasteiger partial charge in [0, 0.05) is 0 Å². The highest BCUT2D eigenvalue weighted by atomic mass is 32.2. The summed E-state index contributed by atoms with van der Waals surface area (Å²) < 4.78 is 36.0. The number of rotatable bonds is 9. The fourth-order valence-electron chi connectivity index (χ4n) is 2.55. The van der Waals surface area contributed by atoms with E-state index in [1.54, 1.807) is 68.6 Å². The Morgan fingerprint density at radius 1 is 1.07 bits per heavy atom. The number of nitrogens with one attached hydrogen (secondary N) is 1. The van der Waals surface area contributed by atoms with Gasteiger partial charge >= 0.3 is 0 Å². The number of hydrogen-bond donors (Lipinski definition) is 1. The number of benzene rings is 2. The van der Waals surface area contributed by atoms with E-state index in [4.69, 9.17) is 9.47 Å². The number of ether oxygens (including phenoxy) is 2. The van der Waals surface area contributed by atoms with Crippen LogP contribution < -0.4 is 19.1 Å². The molecule has 2 aromatic rings. The quantitative estimate of drug-likeness (QED) is 0.660. The SMILES string of the molecule is COc1ccc(OCCNC(=O)[C@@H](C)N(c2ccccc2)S(C)(=O)=O)cc1. The largest absolute Gasteiger partial charge is 0.497 e. The summed E-state index contributed by atoms with van der Waals surface area (Å²) in [6, 6.07) is 14.7. The summed E-state index contributed by atoms with van der Waals surface area (Å²) in [4.78, 5) is 12.4. The second-order valence-electron chi connectivity index (χ2n) is 5.89. The minimum atomic E-state index is -3.61. The van der Waals surface area contributed by atoms with E-state index in [0.29, 0.717) is 11.4 Å². The van der Waals surface area contributed by atoms with E-state index in [2.05, 4.69) is 5.32 Å². The third kappa shape index (κ3) is 5.89. The monoisotopic (exact) mass is 392 g/mol. The summed E-state index contributed by atoms with van der Waals surface area (Å²) >= 11 is 0. The highest BCUT2D eigenvalue weighted by Gasteiger charge is 2.28. The number of anilines is 1. The van der Waals surface area contributed by atoms with Crippen molar-refractivity contribution in [1.82, 2.24) is 5.32 Å². The first-order valence-corrected chi connectivity index (χ1v) is 10.3. The molecule has 0 aromatic heterocycles. The Morgan fingerprint density at radius 3 is 2.22 bits per heavy atom. The lowest BCUT2D eigenvalue weighted by atomic mass is 10.2. The first-order valence-electron chi connectivity index (χ1n) is 8.42. The lowest BCUT2D eigenvalue weighted by Gasteiger charge is -2.28. The van der Waals surface area contributed by atoms with Crippen molar-refractivity contribution in [1.29, 1.82) is 0 Å². The molecule has 1 atom stereocenters. The molecule has 0 radical (unpaired) electrons. The Morgan fingerprint density at radius 2 is 1.67 bits per heavy atom. The first-order chi connectivity index (χ1) is 12.8. The van der Waals surface area contributed by atoms with Gasteiger partial charge in [0.25, 0.3) is 0 Å². The smallest absolute Gasteiger partial charge is 0.243 e. The molecule has 146 valence electrons. The van der Waals surface area contributed by atoms with Crippen molar-refractivity contribution in [3.05, 3.63) is 54.6 Å². The predicted molar refractivity (Wildman–Crippen MR) is 105 cm³/mol. The molecule has 0 saturated heterocycles. The molecule has 0 unspecified atom stereocenters. The Kier molecular flexibility index (Phi) is 7.06. The summed E-state index contributed by atoms with van der Waals surface area (Å²) in [6.07, 6.45) is 1.08. The number of hydrogen-bond acceptors (Lipinski definition) is 5. The molecule has 8 heteroatoms. The molecule has 1 N–H and O–H groups in total. The van der Waals surface area contributed by atoms with Gasteiger partial charge in [-0.1, -0.05) is 18.2 Å². The molecule has 0 aliphatic carbocycles. The molecule has 0 aliphatic heterocycles. The molecule has 0 spiro atoms. The van der Waals surface area contributed by atoms with Gasteiger partial charge in [-0.2, -0.15) is 0 Å². The van der Waals surface area contributed by atoms with E-state index in [-0.39, 0.29) is 13.2 Å². The summed E-state index contributed by atoms with van der Waals surface area (Å²) in [5, 5.41) is 2.70. The summed E-state index contributed by atoms with van der Waals surface area (Å²) in [6.45, 7) is 2.06.